The molecule has 318 valence electrons. The summed E-state index contributed by atoms with van der Waals surface area (Å²) in [6.45, 7) is 0. The quantitative estimate of drug-likeness (QED) is 0.160. The van der Waals surface area contributed by atoms with Crippen LogP contribution in [0, 0.1) is 0 Å². The molecular formula is C64H40N2O2. The summed E-state index contributed by atoms with van der Waals surface area (Å²) in [7, 11) is 0. The summed E-state index contributed by atoms with van der Waals surface area (Å²) >= 11 is 0. The lowest BCUT2D eigenvalue weighted by Gasteiger charge is -2.26. The van der Waals surface area contributed by atoms with Gasteiger partial charge in [0.25, 0.3) is 0 Å². The second-order valence-corrected chi connectivity index (χ2v) is 17.6. The maximum Gasteiger partial charge on any atom is 0.143 e. The first-order valence-electron chi connectivity index (χ1n) is 23.2. The molecule has 0 spiro atoms. The molecule has 0 atom stereocenters. The van der Waals surface area contributed by atoms with Gasteiger partial charge in [0.15, 0.2) is 0 Å². The molecular weight excluding hydrogens is 829 g/mol. The molecule has 4 heteroatoms. The minimum atomic E-state index is 0.878. The van der Waals surface area contributed by atoms with Crippen LogP contribution in [0.5, 0.6) is 0 Å². The van der Waals surface area contributed by atoms with E-state index in [1.54, 1.807) is 0 Å². The van der Waals surface area contributed by atoms with Crippen LogP contribution < -0.4 is 4.90 Å². The third-order valence-corrected chi connectivity index (χ3v) is 13.8. The number of hydrogen-bond acceptors (Lipinski definition) is 3. The molecule has 0 saturated carbocycles. The van der Waals surface area contributed by atoms with Crippen LogP contribution in [0.15, 0.2) is 251 Å². The summed E-state index contributed by atoms with van der Waals surface area (Å²) < 4.78 is 15.5. The third kappa shape index (κ3) is 5.94. The van der Waals surface area contributed by atoms with Gasteiger partial charge in [-0.2, -0.15) is 0 Å². The van der Waals surface area contributed by atoms with Crippen LogP contribution >= 0.6 is 0 Å². The molecule has 3 aromatic heterocycles. The Kier molecular flexibility index (Phi) is 8.55. The van der Waals surface area contributed by atoms with E-state index in [0.717, 1.165) is 105 Å². The zero-order valence-corrected chi connectivity index (χ0v) is 36.8. The van der Waals surface area contributed by atoms with Gasteiger partial charge < -0.3 is 18.3 Å². The van der Waals surface area contributed by atoms with Crippen molar-refractivity contribution in [1.29, 1.82) is 0 Å². The molecule has 11 aromatic carbocycles. The Bertz CT molecular complexity index is 4210. The number of hydrogen-bond donors (Lipinski definition) is 0. The highest BCUT2D eigenvalue weighted by atomic mass is 16.3. The molecule has 0 radical (unpaired) electrons. The van der Waals surface area contributed by atoms with E-state index < -0.39 is 0 Å². The molecule has 68 heavy (non-hydrogen) atoms. The first-order chi connectivity index (χ1) is 33.7. The highest BCUT2D eigenvalue weighted by molar-refractivity contribution is 6.19. The number of aromatic nitrogens is 1. The van der Waals surface area contributed by atoms with Crippen molar-refractivity contribution in [1.82, 2.24) is 4.57 Å². The van der Waals surface area contributed by atoms with Crippen LogP contribution in [0.4, 0.5) is 17.1 Å². The smallest absolute Gasteiger partial charge is 0.143 e. The van der Waals surface area contributed by atoms with Crippen LogP contribution in [-0.4, -0.2) is 4.57 Å². The van der Waals surface area contributed by atoms with Crippen molar-refractivity contribution >= 4 is 93.5 Å². The summed E-state index contributed by atoms with van der Waals surface area (Å²) in [5.74, 6) is 0. The molecule has 0 unspecified atom stereocenters. The SMILES string of the molecule is c1cc(-c2cccc3oc4c5ccccc5ccc4c23)cc(N(c2ccc(-c3ccccc3-n3c4ccccc4c4ccccc43)cc2)c2ccc(-c3cccc4c3oc3ccccc34)cc2)c1. The summed E-state index contributed by atoms with van der Waals surface area (Å²) in [6, 6.07) is 86.9. The Morgan fingerprint density at radius 3 is 1.65 bits per heavy atom. The van der Waals surface area contributed by atoms with E-state index in [-0.39, 0.29) is 0 Å². The fraction of sp³-hybridized carbons (Fsp3) is 0. The number of fused-ring (bicyclic) bond motifs is 11. The first kappa shape index (κ1) is 38.2. The van der Waals surface area contributed by atoms with Gasteiger partial charge in [0.1, 0.15) is 22.3 Å². The van der Waals surface area contributed by atoms with E-state index in [9.17, 15) is 0 Å². The monoisotopic (exact) mass is 868 g/mol. The molecule has 14 aromatic rings. The van der Waals surface area contributed by atoms with Crippen molar-refractivity contribution in [2.45, 2.75) is 0 Å². The highest BCUT2D eigenvalue weighted by Crippen LogP contribution is 2.44. The predicted octanol–water partition coefficient (Wildman–Crippen LogP) is 18.2. The Labute approximate surface area is 391 Å². The van der Waals surface area contributed by atoms with Gasteiger partial charge in [-0.25, -0.2) is 0 Å². The molecule has 0 amide bonds. The second-order valence-electron chi connectivity index (χ2n) is 17.6. The van der Waals surface area contributed by atoms with E-state index in [1.807, 2.05) is 12.1 Å². The number of benzene rings is 11. The van der Waals surface area contributed by atoms with Gasteiger partial charge in [-0.05, 0) is 100 Å². The fourth-order valence-electron chi connectivity index (χ4n) is 10.7. The van der Waals surface area contributed by atoms with Crippen LogP contribution in [0.25, 0.3) is 116 Å². The Morgan fingerprint density at radius 2 is 0.868 bits per heavy atom. The lowest BCUT2D eigenvalue weighted by Crippen LogP contribution is -2.10. The molecule has 0 bridgehead atoms. The Morgan fingerprint density at radius 1 is 0.309 bits per heavy atom. The van der Waals surface area contributed by atoms with Crippen molar-refractivity contribution in [3.63, 3.8) is 0 Å². The highest BCUT2D eigenvalue weighted by Gasteiger charge is 2.20. The first-order valence-corrected chi connectivity index (χ1v) is 23.2. The normalized spacial score (nSPS) is 11.8. The average molecular weight is 869 g/mol. The van der Waals surface area contributed by atoms with Gasteiger partial charge in [-0.3, -0.25) is 0 Å². The molecule has 0 N–H and O–H groups in total. The van der Waals surface area contributed by atoms with Crippen molar-refractivity contribution < 1.29 is 8.83 Å². The predicted molar refractivity (Wildman–Crippen MR) is 284 cm³/mol. The summed E-state index contributed by atoms with van der Waals surface area (Å²) in [6.07, 6.45) is 0. The molecule has 0 saturated heterocycles. The van der Waals surface area contributed by atoms with Gasteiger partial charge >= 0.3 is 0 Å². The molecule has 14 rings (SSSR count). The van der Waals surface area contributed by atoms with Crippen LogP contribution in [0.2, 0.25) is 0 Å². The number of nitrogens with zero attached hydrogens (tertiary/aromatic N) is 2. The van der Waals surface area contributed by atoms with Crippen LogP contribution in [0.1, 0.15) is 0 Å². The average Bonchev–Trinajstić information content (AvgIpc) is 4.10. The number of anilines is 3. The maximum absolute atomic E-state index is 6.64. The minimum absolute atomic E-state index is 0.878. The molecule has 0 aliphatic rings. The molecule has 0 aliphatic carbocycles. The number of rotatable bonds is 7. The largest absolute Gasteiger partial charge is 0.455 e. The maximum atomic E-state index is 6.64. The van der Waals surface area contributed by atoms with E-state index in [0.29, 0.717) is 0 Å². The van der Waals surface area contributed by atoms with Gasteiger partial charge in [0.2, 0.25) is 0 Å². The van der Waals surface area contributed by atoms with E-state index in [4.69, 9.17) is 8.83 Å². The summed E-state index contributed by atoms with van der Waals surface area (Å²) in [4.78, 5) is 2.36. The Balaban J connectivity index is 0.909. The van der Waals surface area contributed by atoms with Crippen molar-refractivity contribution in [2.75, 3.05) is 4.90 Å². The minimum Gasteiger partial charge on any atom is -0.455 e. The van der Waals surface area contributed by atoms with E-state index >= 15 is 0 Å². The zero-order valence-electron chi connectivity index (χ0n) is 36.8. The van der Waals surface area contributed by atoms with E-state index in [1.165, 1.54) is 27.2 Å². The van der Waals surface area contributed by atoms with Gasteiger partial charge in [0, 0.05) is 65.9 Å². The lowest BCUT2D eigenvalue weighted by molar-refractivity contribution is 0.670. The molecule has 0 fully saturated rings. The molecule has 3 heterocycles. The van der Waals surface area contributed by atoms with E-state index in [2.05, 4.69) is 240 Å². The Hall–Kier alpha value is -9.12. The number of furan rings is 2. The van der Waals surface area contributed by atoms with Crippen LogP contribution in [0.3, 0.4) is 0 Å². The van der Waals surface area contributed by atoms with Crippen molar-refractivity contribution in [3.05, 3.63) is 243 Å². The van der Waals surface area contributed by atoms with Crippen molar-refractivity contribution in [3.8, 4) is 39.1 Å². The standard InChI is InChI=1S/C64H40N2O2/c1-2-18-50-41(14-1)34-39-56-62-49(22-13-29-61(62)68-64(50)56)44-15-11-16-47(40-44)65(46-37-32-43(33-38-46)51-23-12-24-55-54-21-6-10-28-60(54)67-63(51)55)45-35-30-42(31-36-45)48-17-3-7-25-57(48)66-58-26-8-4-19-52(58)53-20-5-9-27-59(53)66/h1-40H. The van der Waals surface area contributed by atoms with Crippen LogP contribution in [-0.2, 0) is 0 Å². The lowest BCUT2D eigenvalue weighted by atomic mass is 9.97. The molecule has 0 aliphatic heterocycles. The summed E-state index contributed by atoms with van der Waals surface area (Å²) in [5.41, 5.74) is 17.0. The summed E-state index contributed by atoms with van der Waals surface area (Å²) in [5, 5.41) is 9.26. The molecule has 4 nitrogen and oxygen atoms in total. The van der Waals surface area contributed by atoms with Gasteiger partial charge in [-0.1, -0.05) is 170 Å². The van der Waals surface area contributed by atoms with Crippen molar-refractivity contribution in [2.24, 2.45) is 0 Å². The fourth-order valence-corrected chi connectivity index (χ4v) is 10.7. The number of para-hydroxylation sites is 5. The second kappa shape index (κ2) is 15.2. The van der Waals surface area contributed by atoms with Gasteiger partial charge in [0.05, 0.1) is 16.7 Å². The topological polar surface area (TPSA) is 34.5 Å². The third-order valence-electron chi connectivity index (χ3n) is 13.8. The van der Waals surface area contributed by atoms with Gasteiger partial charge in [-0.15, -0.1) is 0 Å². The zero-order chi connectivity index (χ0) is 44.7.